The van der Waals surface area contributed by atoms with Crippen LogP contribution < -0.4 is 10.6 Å². The van der Waals surface area contributed by atoms with Crippen molar-refractivity contribution in [2.75, 3.05) is 13.1 Å². The third-order valence-corrected chi connectivity index (χ3v) is 5.22. The molecule has 25 heavy (non-hydrogen) atoms. The fraction of sp³-hybridized carbons (Fsp3) is 0.500. The number of rotatable bonds is 7. The predicted octanol–water partition coefficient (Wildman–Crippen LogP) is 3.31. The van der Waals surface area contributed by atoms with Crippen molar-refractivity contribution in [1.29, 1.82) is 0 Å². The zero-order valence-electron chi connectivity index (χ0n) is 15.2. The highest BCUT2D eigenvalue weighted by Crippen LogP contribution is 2.43. The lowest BCUT2D eigenvalue weighted by Gasteiger charge is -2.42. The first kappa shape index (κ1) is 17.5. The van der Waals surface area contributed by atoms with Crippen LogP contribution in [0, 0.1) is 13.8 Å². The van der Waals surface area contributed by atoms with Crippen molar-refractivity contribution < 1.29 is 4.79 Å². The summed E-state index contributed by atoms with van der Waals surface area (Å²) in [6, 6.07) is 12.5. The summed E-state index contributed by atoms with van der Waals surface area (Å²) in [4.78, 5) is 12.1. The van der Waals surface area contributed by atoms with Gasteiger partial charge in [-0.1, -0.05) is 36.8 Å². The fourth-order valence-corrected chi connectivity index (χ4v) is 3.61. The summed E-state index contributed by atoms with van der Waals surface area (Å²) < 4.78 is 1.99. The molecule has 0 bridgehead atoms. The molecule has 0 unspecified atom stereocenters. The zero-order valence-corrected chi connectivity index (χ0v) is 15.2. The van der Waals surface area contributed by atoms with E-state index in [9.17, 15) is 4.79 Å². The third kappa shape index (κ3) is 4.21. The number of hydrogen-bond donors (Lipinski definition) is 2. The van der Waals surface area contributed by atoms with Crippen LogP contribution in [0.5, 0.6) is 0 Å². The quantitative estimate of drug-likeness (QED) is 0.760. The third-order valence-electron chi connectivity index (χ3n) is 5.22. The van der Waals surface area contributed by atoms with E-state index in [-0.39, 0.29) is 11.4 Å². The Labute approximate surface area is 149 Å². The molecule has 5 nitrogen and oxygen atoms in total. The van der Waals surface area contributed by atoms with Crippen LogP contribution >= 0.6 is 0 Å². The van der Waals surface area contributed by atoms with Crippen molar-refractivity contribution in [2.45, 2.75) is 51.5 Å². The summed E-state index contributed by atoms with van der Waals surface area (Å²) in [5, 5.41) is 10.5. The molecule has 2 N–H and O–H groups in total. The Bertz CT molecular complexity index is 704. The standard InChI is InChI=1S/C20H28N4O/c1-16-14-17(2)24(23-16)13-7-12-21-19(25)22-15-20(10-6-11-20)18-8-4-3-5-9-18/h3-5,8-9,14H,6-7,10-13,15H2,1-2H3,(H2,21,22,25). The summed E-state index contributed by atoms with van der Waals surface area (Å²) in [7, 11) is 0. The Morgan fingerprint density at radius 2 is 1.96 bits per heavy atom. The lowest BCUT2D eigenvalue weighted by molar-refractivity contribution is 0.214. The van der Waals surface area contributed by atoms with E-state index in [0.29, 0.717) is 13.1 Å². The normalized spacial score (nSPS) is 15.4. The van der Waals surface area contributed by atoms with Gasteiger partial charge in [-0.25, -0.2) is 4.79 Å². The van der Waals surface area contributed by atoms with Crippen molar-refractivity contribution in [3.05, 3.63) is 53.3 Å². The molecule has 1 heterocycles. The van der Waals surface area contributed by atoms with Gasteiger partial charge in [0, 0.05) is 30.7 Å². The van der Waals surface area contributed by atoms with Crippen LogP contribution in [-0.2, 0) is 12.0 Å². The number of carbonyl (C=O) groups is 1. The number of nitrogens with one attached hydrogen (secondary N) is 2. The van der Waals surface area contributed by atoms with E-state index in [1.165, 1.54) is 12.0 Å². The van der Waals surface area contributed by atoms with Crippen molar-refractivity contribution in [3.63, 3.8) is 0 Å². The fourth-order valence-electron chi connectivity index (χ4n) is 3.61. The molecule has 2 aromatic rings. The van der Waals surface area contributed by atoms with Gasteiger partial charge in [0.2, 0.25) is 0 Å². The second-order valence-electron chi connectivity index (χ2n) is 7.11. The number of amides is 2. The number of benzene rings is 1. The van der Waals surface area contributed by atoms with Gasteiger partial charge in [-0.2, -0.15) is 5.10 Å². The van der Waals surface area contributed by atoms with Crippen LogP contribution in [-0.4, -0.2) is 28.9 Å². The molecule has 0 saturated heterocycles. The molecule has 5 heteroatoms. The van der Waals surface area contributed by atoms with Crippen LogP contribution in [0.3, 0.4) is 0 Å². The van der Waals surface area contributed by atoms with Crippen LogP contribution in [0.1, 0.15) is 42.6 Å². The van der Waals surface area contributed by atoms with Crippen molar-refractivity contribution in [1.82, 2.24) is 20.4 Å². The number of carbonyl (C=O) groups excluding carboxylic acids is 1. The second kappa shape index (κ2) is 7.72. The van der Waals surface area contributed by atoms with Gasteiger partial charge >= 0.3 is 6.03 Å². The average Bonchev–Trinajstić information content (AvgIpc) is 2.89. The Morgan fingerprint density at radius 3 is 2.56 bits per heavy atom. The van der Waals surface area contributed by atoms with E-state index >= 15 is 0 Å². The first-order valence-corrected chi connectivity index (χ1v) is 9.17. The smallest absolute Gasteiger partial charge is 0.314 e. The summed E-state index contributed by atoms with van der Waals surface area (Å²) in [5.41, 5.74) is 3.67. The van der Waals surface area contributed by atoms with Gasteiger partial charge in [-0.3, -0.25) is 4.68 Å². The Hall–Kier alpha value is -2.30. The minimum Gasteiger partial charge on any atom is -0.338 e. The number of aromatic nitrogens is 2. The summed E-state index contributed by atoms with van der Waals surface area (Å²) in [6.45, 7) is 6.25. The Kier molecular flexibility index (Phi) is 5.41. The summed E-state index contributed by atoms with van der Waals surface area (Å²) in [5.74, 6) is 0. The zero-order chi connectivity index (χ0) is 17.7. The largest absolute Gasteiger partial charge is 0.338 e. The molecule has 1 fully saturated rings. The highest BCUT2D eigenvalue weighted by atomic mass is 16.2. The number of aryl methyl sites for hydroxylation is 3. The lowest BCUT2D eigenvalue weighted by atomic mass is 9.64. The van der Waals surface area contributed by atoms with Gasteiger partial charge in [0.1, 0.15) is 0 Å². The van der Waals surface area contributed by atoms with Crippen molar-refractivity contribution in [3.8, 4) is 0 Å². The predicted molar refractivity (Wildman–Crippen MR) is 99.7 cm³/mol. The molecular weight excluding hydrogens is 312 g/mol. The Morgan fingerprint density at radius 1 is 1.20 bits per heavy atom. The molecule has 1 saturated carbocycles. The first-order valence-electron chi connectivity index (χ1n) is 9.17. The van der Waals surface area contributed by atoms with Gasteiger partial charge in [-0.15, -0.1) is 0 Å². The second-order valence-corrected chi connectivity index (χ2v) is 7.11. The molecule has 1 aliphatic rings. The molecular formula is C20H28N4O. The van der Waals surface area contributed by atoms with E-state index in [2.05, 4.69) is 53.0 Å². The Balaban J connectivity index is 1.40. The topological polar surface area (TPSA) is 59.0 Å². The van der Waals surface area contributed by atoms with Gasteiger partial charge < -0.3 is 10.6 Å². The highest BCUT2D eigenvalue weighted by molar-refractivity contribution is 5.74. The lowest BCUT2D eigenvalue weighted by Crippen LogP contribution is -2.48. The molecule has 2 amide bonds. The van der Waals surface area contributed by atoms with Crippen LogP contribution in [0.2, 0.25) is 0 Å². The highest BCUT2D eigenvalue weighted by Gasteiger charge is 2.38. The minimum atomic E-state index is -0.0735. The van der Waals surface area contributed by atoms with Gasteiger partial charge in [-0.05, 0) is 44.7 Å². The van der Waals surface area contributed by atoms with Gasteiger partial charge in [0.05, 0.1) is 5.69 Å². The van der Waals surface area contributed by atoms with Gasteiger partial charge in [0.15, 0.2) is 0 Å². The number of nitrogens with zero attached hydrogens (tertiary/aromatic N) is 2. The van der Waals surface area contributed by atoms with E-state index in [0.717, 1.165) is 37.2 Å². The molecule has 1 aliphatic carbocycles. The summed E-state index contributed by atoms with van der Waals surface area (Å²) >= 11 is 0. The average molecular weight is 340 g/mol. The maximum Gasteiger partial charge on any atom is 0.314 e. The van der Waals surface area contributed by atoms with E-state index < -0.39 is 0 Å². The van der Waals surface area contributed by atoms with E-state index in [1.54, 1.807) is 0 Å². The monoisotopic (exact) mass is 340 g/mol. The number of hydrogen-bond acceptors (Lipinski definition) is 2. The van der Waals surface area contributed by atoms with Crippen molar-refractivity contribution in [2.24, 2.45) is 0 Å². The molecule has 0 radical (unpaired) electrons. The van der Waals surface area contributed by atoms with Crippen molar-refractivity contribution >= 4 is 6.03 Å². The molecule has 1 aromatic carbocycles. The molecule has 3 rings (SSSR count). The maximum absolute atomic E-state index is 12.1. The molecule has 0 atom stereocenters. The number of urea groups is 1. The first-order chi connectivity index (χ1) is 12.1. The van der Waals surface area contributed by atoms with Crippen LogP contribution in [0.25, 0.3) is 0 Å². The minimum absolute atomic E-state index is 0.0735. The van der Waals surface area contributed by atoms with E-state index in [4.69, 9.17) is 0 Å². The van der Waals surface area contributed by atoms with Crippen LogP contribution in [0.4, 0.5) is 4.79 Å². The summed E-state index contributed by atoms with van der Waals surface area (Å²) in [6.07, 6.45) is 4.41. The molecule has 1 aromatic heterocycles. The van der Waals surface area contributed by atoms with Gasteiger partial charge in [0.25, 0.3) is 0 Å². The van der Waals surface area contributed by atoms with E-state index in [1.807, 2.05) is 17.7 Å². The molecule has 0 aliphatic heterocycles. The molecule has 0 spiro atoms. The van der Waals surface area contributed by atoms with Crippen LogP contribution in [0.15, 0.2) is 36.4 Å². The molecule has 134 valence electrons. The maximum atomic E-state index is 12.1. The SMILES string of the molecule is Cc1cc(C)n(CCCNC(=O)NCC2(c3ccccc3)CCC2)n1.